The van der Waals surface area contributed by atoms with Crippen LogP contribution in [0.25, 0.3) is 0 Å². The average Bonchev–Trinajstić information content (AvgIpc) is 3.14. The molecule has 3 aromatic rings. The minimum atomic E-state index is -0.0909. The number of thiophene rings is 1. The lowest BCUT2D eigenvalue weighted by molar-refractivity contribution is 0.102. The van der Waals surface area contributed by atoms with Crippen molar-refractivity contribution in [2.24, 2.45) is 4.99 Å². The van der Waals surface area contributed by atoms with Crippen LogP contribution in [0.3, 0.4) is 0 Å². The SMILES string of the molecule is CCOc1c(Br)cc(C=Nc2sc3c(c2C(=O)Nc2ccccc2)CCCC3)cc1Br. The smallest absolute Gasteiger partial charge is 0.259 e. The van der Waals surface area contributed by atoms with E-state index in [-0.39, 0.29) is 5.91 Å². The van der Waals surface area contributed by atoms with Crippen LogP contribution < -0.4 is 10.1 Å². The number of aryl methyl sites for hydroxylation is 1. The van der Waals surface area contributed by atoms with Gasteiger partial charge in [0.15, 0.2) is 0 Å². The van der Waals surface area contributed by atoms with Crippen LogP contribution in [0, 0.1) is 0 Å². The Kier molecular flexibility index (Phi) is 7.25. The Morgan fingerprint density at radius 3 is 2.58 bits per heavy atom. The van der Waals surface area contributed by atoms with Gasteiger partial charge in [-0.3, -0.25) is 4.79 Å². The largest absolute Gasteiger partial charge is 0.492 e. The number of rotatable bonds is 6. The van der Waals surface area contributed by atoms with Gasteiger partial charge in [0.2, 0.25) is 0 Å². The molecule has 4 nitrogen and oxygen atoms in total. The topological polar surface area (TPSA) is 50.7 Å². The predicted octanol–water partition coefficient (Wildman–Crippen LogP) is 7.55. The monoisotopic (exact) mass is 560 g/mol. The molecule has 0 unspecified atom stereocenters. The number of hydrogen-bond donors (Lipinski definition) is 1. The summed E-state index contributed by atoms with van der Waals surface area (Å²) in [6.45, 7) is 2.54. The fourth-order valence-electron chi connectivity index (χ4n) is 3.66. The maximum atomic E-state index is 13.2. The van der Waals surface area contributed by atoms with Crippen LogP contribution in [0.15, 0.2) is 56.4 Å². The lowest BCUT2D eigenvalue weighted by Gasteiger charge is -2.12. The summed E-state index contributed by atoms with van der Waals surface area (Å²) in [5.41, 5.74) is 3.58. The summed E-state index contributed by atoms with van der Waals surface area (Å²) in [6.07, 6.45) is 6.02. The second-order valence-corrected chi connectivity index (χ2v) is 10.0. The first-order chi connectivity index (χ1) is 15.1. The molecule has 4 rings (SSSR count). The van der Waals surface area contributed by atoms with E-state index in [2.05, 4.69) is 37.2 Å². The van der Waals surface area contributed by atoms with Crippen LogP contribution in [0.2, 0.25) is 0 Å². The molecule has 1 aliphatic carbocycles. The number of para-hydroxylation sites is 1. The predicted molar refractivity (Wildman–Crippen MR) is 136 cm³/mol. The summed E-state index contributed by atoms with van der Waals surface area (Å²) >= 11 is 8.77. The van der Waals surface area contributed by atoms with E-state index in [1.165, 1.54) is 4.88 Å². The molecule has 160 valence electrons. The van der Waals surface area contributed by atoms with Crippen molar-refractivity contribution in [2.45, 2.75) is 32.6 Å². The molecule has 0 saturated carbocycles. The normalized spacial score (nSPS) is 13.3. The molecule has 0 saturated heterocycles. The van der Waals surface area contributed by atoms with Gasteiger partial charge in [0.25, 0.3) is 5.91 Å². The zero-order valence-electron chi connectivity index (χ0n) is 17.1. The number of hydrogen-bond acceptors (Lipinski definition) is 4. The van der Waals surface area contributed by atoms with Gasteiger partial charge in [0, 0.05) is 16.8 Å². The third-order valence-corrected chi connectivity index (χ3v) is 7.43. The molecule has 0 radical (unpaired) electrons. The number of benzene rings is 2. The van der Waals surface area contributed by atoms with Crippen molar-refractivity contribution >= 4 is 66.0 Å². The van der Waals surface area contributed by atoms with Crippen molar-refractivity contribution < 1.29 is 9.53 Å². The van der Waals surface area contributed by atoms with Gasteiger partial charge in [-0.15, -0.1) is 11.3 Å². The van der Waals surface area contributed by atoms with Gasteiger partial charge >= 0.3 is 0 Å². The summed E-state index contributed by atoms with van der Waals surface area (Å²) in [4.78, 5) is 19.2. The number of carbonyl (C=O) groups excluding carboxylic acids is 1. The molecule has 31 heavy (non-hydrogen) atoms. The van der Waals surface area contributed by atoms with Gasteiger partial charge in [0.05, 0.1) is 21.1 Å². The first kappa shape index (κ1) is 22.2. The van der Waals surface area contributed by atoms with Gasteiger partial charge in [0.1, 0.15) is 10.8 Å². The Bertz CT molecular complexity index is 1100. The molecule has 7 heteroatoms. The second-order valence-electron chi connectivity index (χ2n) is 7.22. The number of ether oxygens (including phenoxy) is 1. The van der Waals surface area contributed by atoms with E-state index in [1.54, 1.807) is 11.3 Å². The Morgan fingerprint density at radius 2 is 1.87 bits per heavy atom. The molecular weight excluding hydrogens is 540 g/mol. The Morgan fingerprint density at radius 1 is 1.16 bits per heavy atom. The summed E-state index contributed by atoms with van der Waals surface area (Å²) in [7, 11) is 0. The lowest BCUT2D eigenvalue weighted by Crippen LogP contribution is -2.14. The lowest BCUT2D eigenvalue weighted by atomic mass is 9.95. The number of halogens is 2. The van der Waals surface area contributed by atoms with Crippen LogP contribution in [-0.2, 0) is 12.8 Å². The fraction of sp³-hybridized carbons (Fsp3) is 0.250. The summed E-state index contributed by atoms with van der Waals surface area (Å²) < 4.78 is 7.38. The first-order valence-corrected chi connectivity index (χ1v) is 12.6. The molecule has 0 aliphatic heterocycles. The van der Waals surface area contributed by atoms with Crippen molar-refractivity contribution in [1.29, 1.82) is 0 Å². The highest BCUT2D eigenvalue weighted by Gasteiger charge is 2.25. The summed E-state index contributed by atoms with van der Waals surface area (Å²) in [6, 6.07) is 13.5. The summed E-state index contributed by atoms with van der Waals surface area (Å²) in [5.74, 6) is 0.681. The highest BCUT2D eigenvalue weighted by Crippen LogP contribution is 2.40. The van der Waals surface area contributed by atoms with Crippen LogP contribution in [0.1, 0.15) is 46.1 Å². The van der Waals surface area contributed by atoms with Gasteiger partial charge in [-0.05, 0) is 99.9 Å². The molecule has 1 aromatic heterocycles. The zero-order chi connectivity index (χ0) is 21.8. The van der Waals surface area contributed by atoms with E-state index < -0.39 is 0 Å². The van der Waals surface area contributed by atoms with Gasteiger partial charge < -0.3 is 10.1 Å². The molecule has 2 aromatic carbocycles. The molecular formula is C24H22Br2N2O2S. The maximum Gasteiger partial charge on any atom is 0.259 e. The van der Waals surface area contributed by atoms with Gasteiger partial charge in [-0.2, -0.15) is 0 Å². The number of anilines is 1. The van der Waals surface area contributed by atoms with Crippen LogP contribution >= 0.6 is 43.2 Å². The highest BCUT2D eigenvalue weighted by atomic mass is 79.9. The Labute approximate surface area is 203 Å². The molecule has 0 fully saturated rings. The average molecular weight is 562 g/mol. The van der Waals surface area contributed by atoms with Gasteiger partial charge in [-0.1, -0.05) is 18.2 Å². The van der Waals surface area contributed by atoms with Crippen molar-refractivity contribution in [2.75, 3.05) is 11.9 Å². The van der Waals surface area contributed by atoms with E-state index in [4.69, 9.17) is 9.73 Å². The maximum absolute atomic E-state index is 13.2. The van der Waals surface area contributed by atoms with Crippen molar-refractivity contribution in [3.8, 4) is 5.75 Å². The van der Waals surface area contributed by atoms with Crippen molar-refractivity contribution in [3.05, 3.63) is 73.0 Å². The highest BCUT2D eigenvalue weighted by molar-refractivity contribution is 9.11. The molecule has 0 bridgehead atoms. The van der Waals surface area contributed by atoms with Crippen molar-refractivity contribution in [1.82, 2.24) is 0 Å². The number of aliphatic imine (C=N–C) groups is 1. The Balaban J connectivity index is 1.67. The van der Waals surface area contributed by atoms with E-state index in [0.29, 0.717) is 12.2 Å². The van der Waals surface area contributed by atoms with Crippen molar-refractivity contribution in [3.63, 3.8) is 0 Å². The van der Waals surface area contributed by atoms with E-state index in [9.17, 15) is 4.79 Å². The van der Waals surface area contributed by atoms with Crippen LogP contribution in [0.4, 0.5) is 10.7 Å². The Hall–Kier alpha value is -1.96. The van der Waals surface area contributed by atoms with Crippen LogP contribution in [0.5, 0.6) is 5.75 Å². The van der Waals surface area contributed by atoms with E-state index in [1.807, 2.05) is 55.6 Å². The van der Waals surface area contributed by atoms with E-state index in [0.717, 1.165) is 62.2 Å². The van der Waals surface area contributed by atoms with Crippen LogP contribution in [-0.4, -0.2) is 18.7 Å². The molecule has 0 spiro atoms. The standard InChI is InChI=1S/C24H22Br2N2O2S/c1-2-30-22-18(25)12-15(13-19(22)26)14-27-24-21(17-10-6-7-11-20(17)31-24)23(29)28-16-8-4-3-5-9-16/h3-5,8-9,12-14H,2,6-7,10-11H2,1H3,(H,28,29). The second kappa shape index (κ2) is 10.1. The molecule has 1 amide bonds. The quantitative estimate of drug-likeness (QED) is 0.316. The third-order valence-electron chi connectivity index (χ3n) is 5.05. The minimum Gasteiger partial charge on any atom is -0.492 e. The van der Waals surface area contributed by atoms with Gasteiger partial charge in [-0.25, -0.2) is 4.99 Å². The number of nitrogens with one attached hydrogen (secondary N) is 1. The minimum absolute atomic E-state index is 0.0909. The zero-order valence-corrected chi connectivity index (χ0v) is 21.1. The number of carbonyl (C=O) groups is 1. The molecule has 1 N–H and O–H groups in total. The fourth-order valence-corrected chi connectivity index (χ4v) is 6.34. The summed E-state index contributed by atoms with van der Waals surface area (Å²) in [5, 5.41) is 3.80. The molecule has 0 atom stereocenters. The van der Waals surface area contributed by atoms with E-state index >= 15 is 0 Å². The first-order valence-electron chi connectivity index (χ1n) is 10.2. The molecule has 1 aliphatic rings. The third kappa shape index (κ3) is 5.10. The number of nitrogens with zero attached hydrogens (tertiary/aromatic N) is 1. The number of fused-ring (bicyclic) bond motifs is 1. The number of amides is 1. The molecule has 1 heterocycles.